The molecule has 1 aromatic carbocycles. The molecule has 1 aliphatic carbocycles. The molecule has 3 rings (SSSR count). The van der Waals surface area contributed by atoms with Crippen LogP contribution in [0.2, 0.25) is 0 Å². The molecule has 1 fully saturated rings. The fraction of sp³-hybridized carbons (Fsp3) is 0.412. The molecular weight excluding hydrogens is 328 g/mol. The molecule has 8 nitrogen and oxygen atoms in total. The predicted octanol–water partition coefficient (Wildman–Crippen LogP) is 0.589. The highest BCUT2D eigenvalue weighted by Gasteiger charge is 2.53. The van der Waals surface area contributed by atoms with E-state index in [4.69, 9.17) is 20.4 Å². The topological polar surface area (TPSA) is 136 Å². The number of carbonyl (C=O) groups excluding carboxylic acids is 3. The van der Waals surface area contributed by atoms with Gasteiger partial charge in [0, 0.05) is 11.3 Å². The van der Waals surface area contributed by atoms with E-state index in [1.807, 2.05) is 31.1 Å². The van der Waals surface area contributed by atoms with E-state index in [2.05, 4.69) is 5.32 Å². The summed E-state index contributed by atoms with van der Waals surface area (Å²) in [4.78, 5) is 43.2. The summed E-state index contributed by atoms with van der Waals surface area (Å²) in [5.41, 5.74) is 6.52. The molecule has 1 aromatic rings. The fourth-order valence-corrected chi connectivity index (χ4v) is 3.28. The van der Waals surface area contributed by atoms with Crippen molar-refractivity contribution in [3.8, 4) is 0 Å². The van der Waals surface area contributed by atoms with Crippen LogP contribution in [0.1, 0.15) is 31.2 Å². The van der Waals surface area contributed by atoms with Crippen LogP contribution in [-0.4, -0.2) is 41.8 Å². The number of nitrogens with one attached hydrogen (secondary N) is 1. The van der Waals surface area contributed by atoms with Crippen molar-refractivity contribution in [2.75, 3.05) is 5.32 Å². The fourth-order valence-electron chi connectivity index (χ4n) is 3.28. The Labute approximate surface area is 144 Å². The number of nitrogens with two attached hydrogens (primary N) is 1. The number of rotatable bonds is 4. The normalized spacial score (nSPS) is 24.7. The lowest BCUT2D eigenvalue weighted by Crippen LogP contribution is -2.58. The maximum Gasteiger partial charge on any atom is 0.324 e. The number of aliphatic carboxylic acids is 1. The van der Waals surface area contributed by atoms with Crippen LogP contribution in [0.15, 0.2) is 24.3 Å². The lowest BCUT2D eigenvalue weighted by atomic mass is 9.69. The monoisotopic (exact) mass is 348 g/mol. The van der Waals surface area contributed by atoms with Crippen LogP contribution >= 0.6 is 0 Å². The molecule has 1 aliphatic heterocycles. The molecule has 2 aliphatic rings. The Hall–Kier alpha value is -2.74. The van der Waals surface area contributed by atoms with E-state index in [0.29, 0.717) is 12.8 Å². The number of esters is 1. The first-order chi connectivity index (χ1) is 11.9. The molecular formula is C17H20N2O6. The Morgan fingerprint density at radius 2 is 2.08 bits per heavy atom. The summed E-state index contributed by atoms with van der Waals surface area (Å²) in [6.07, 6.45) is 0.385. The molecule has 134 valence electrons. The molecule has 0 radical (unpaired) electrons. The van der Waals surface area contributed by atoms with Gasteiger partial charge in [-0.1, -0.05) is 18.2 Å². The highest BCUT2D eigenvalue weighted by atomic mass is 16.5. The summed E-state index contributed by atoms with van der Waals surface area (Å²) in [7, 11) is 0. The van der Waals surface area contributed by atoms with E-state index < -0.39 is 36.0 Å². The number of carbonyl (C=O) groups is 4. The molecule has 0 saturated heterocycles. The zero-order valence-electron chi connectivity index (χ0n) is 13.6. The number of benzene rings is 1. The number of ether oxygens (including phenoxy) is 1. The van der Waals surface area contributed by atoms with Crippen molar-refractivity contribution in [2.24, 2.45) is 5.73 Å². The summed E-state index contributed by atoms with van der Waals surface area (Å²) < 4.78 is 5.20. The summed E-state index contributed by atoms with van der Waals surface area (Å²) in [5, 5.41) is 11.9. The van der Waals surface area contributed by atoms with E-state index in [9.17, 15) is 14.4 Å². The van der Waals surface area contributed by atoms with Crippen LogP contribution in [0, 0.1) is 0 Å². The average Bonchev–Trinajstić information content (AvgIpc) is 2.58. The smallest absolute Gasteiger partial charge is 0.324 e. The van der Waals surface area contributed by atoms with Crippen LogP contribution in [0.25, 0.3) is 0 Å². The van der Waals surface area contributed by atoms with Gasteiger partial charge in [-0.3, -0.25) is 14.4 Å². The zero-order valence-corrected chi connectivity index (χ0v) is 13.6. The SMILES string of the molecule is C=O.N[C@@H](CC(=O)O)C(=O)O[C@@H]1CCC[C@]2(Nc3ccccc32)C1=O. The minimum absolute atomic E-state index is 0.196. The number of anilines is 1. The van der Waals surface area contributed by atoms with Gasteiger partial charge in [0.25, 0.3) is 0 Å². The molecule has 0 unspecified atom stereocenters. The Morgan fingerprint density at radius 3 is 2.72 bits per heavy atom. The van der Waals surface area contributed by atoms with Crippen molar-refractivity contribution >= 4 is 30.2 Å². The Bertz CT molecular complexity index is 691. The van der Waals surface area contributed by atoms with E-state index >= 15 is 0 Å². The standard InChI is InChI=1S/C16H18N2O5.CH2O/c17-10(8-13(19)20)15(22)23-12-6-3-7-16(14(12)21)9-4-1-2-5-11(9)18-16;1-2/h1-2,4-5,10,12,18H,3,6-8,17H2,(H,19,20);1H2/t10-,12+,16+;/m0./s1. The van der Waals surface area contributed by atoms with E-state index in [1.165, 1.54) is 0 Å². The molecule has 4 N–H and O–H groups in total. The molecule has 1 spiro atoms. The van der Waals surface area contributed by atoms with Crippen molar-refractivity contribution in [3.63, 3.8) is 0 Å². The van der Waals surface area contributed by atoms with Gasteiger partial charge >= 0.3 is 11.9 Å². The van der Waals surface area contributed by atoms with Crippen molar-refractivity contribution in [2.45, 2.75) is 43.4 Å². The zero-order chi connectivity index (χ0) is 18.6. The molecule has 0 bridgehead atoms. The minimum Gasteiger partial charge on any atom is -0.481 e. The maximum atomic E-state index is 12.8. The average molecular weight is 348 g/mol. The van der Waals surface area contributed by atoms with Crippen LogP contribution in [0.5, 0.6) is 0 Å². The number of ketones is 1. The molecule has 8 heteroatoms. The quantitative estimate of drug-likeness (QED) is 0.673. The number of hydrogen-bond acceptors (Lipinski definition) is 7. The van der Waals surface area contributed by atoms with Crippen molar-refractivity contribution in [3.05, 3.63) is 29.8 Å². The Morgan fingerprint density at radius 1 is 1.40 bits per heavy atom. The molecule has 1 saturated carbocycles. The summed E-state index contributed by atoms with van der Waals surface area (Å²) in [5.74, 6) is -2.23. The highest BCUT2D eigenvalue weighted by molar-refractivity contribution is 6.02. The van der Waals surface area contributed by atoms with Crippen molar-refractivity contribution < 1.29 is 29.0 Å². The van der Waals surface area contributed by atoms with Crippen molar-refractivity contribution in [1.82, 2.24) is 0 Å². The van der Waals surface area contributed by atoms with E-state index in [1.54, 1.807) is 0 Å². The van der Waals surface area contributed by atoms with E-state index in [-0.39, 0.29) is 5.78 Å². The van der Waals surface area contributed by atoms with Gasteiger partial charge in [0.05, 0.1) is 6.42 Å². The first-order valence-electron chi connectivity index (χ1n) is 7.83. The number of para-hydroxylation sites is 1. The number of Topliss-reactive ketones (excluding diaryl/α,β-unsaturated/α-hetero) is 1. The second-order valence-corrected chi connectivity index (χ2v) is 5.96. The third kappa shape index (κ3) is 3.39. The number of hydrogen-bond donors (Lipinski definition) is 3. The first kappa shape index (κ1) is 18.6. The Balaban J connectivity index is 0.00000109. The van der Waals surface area contributed by atoms with Crippen LogP contribution < -0.4 is 11.1 Å². The number of carboxylic acids is 1. The van der Waals surface area contributed by atoms with Gasteiger partial charge in [0.2, 0.25) is 5.78 Å². The number of fused-ring (bicyclic) bond motifs is 2. The summed E-state index contributed by atoms with van der Waals surface area (Å²) >= 11 is 0. The molecule has 0 amide bonds. The second-order valence-electron chi connectivity index (χ2n) is 5.96. The van der Waals surface area contributed by atoms with Gasteiger partial charge in [-0.15, -0.1) is 0 Å². The largest absolute Gasteiger partial charge is 0.481 e. The third-order valence-corrected chi connectivity index (χ3v) is 4.42. The van der Waals surface area contributed by atoms with Crippen LogP contribution in [0.4, 0.5) is 5.69 Å². The van der Waals surface area contributed by atoms with Gasteiger partial charge in [0.1, 0.15) is 18.4 Å². The summed E-state index contributed by atoms with van der Waals surface area (Å²) in [6, 6.07) is 6.28. The van der Waals surface area contributed by atoms with Gasteiger partial charge in [0.15, 0.2) is 6.10 Å². The van der Waals surface area contributed by atoms with Gasteiger partial charge < -0.3 is 25.7 Å². The van der Waals surface area contributed by atoms with Crippen molar-refractivity contribution in [1.29, 1.82) is 0 Å². The molecule has 1 heterocycles. The second kappa shape index (κ2) is 7.43. The van der Waals surface area contributed by atoms with Crippen LogP contribution in [0.3, 0.4) is 0 Å². The molecule has 0 aromatic heterocycles. The first-order valence-corrected chi connectivity index (χ1v) is 7.83. The Kier molecular flexibility index (Phi) is 5.53. The number of carboxylic acid groups (broad SMARTS) is 1. The predicted molar refractivity (Wildman–Crippen MR) is 87.8 cm³/mol. The lowest BCUT2D eigenvalue weighted by Gasteiger charge is -2.48. The third-order valence-electron chi connectivity index (χ3n) is 4.42. The van der Waals surface area contributed by atoms with Gasteiger partial charge in [-0.2, -0.15) is 0 Å². The minimum atomic E-state index is -1.26. The maximum absolute atomic E-state index is 12.8. The summed E-state index contributed by atoms with van der Waals surface area (Å²) in [6.45, 7) is 2.00. The molecule has 3 atom stereocenters. The van der Waals surface area contributed by atoms with Gasteiger partial charge in [-0.25, -0.2) is 0 Å². The highest BCUT2D eigenvalue weighted by Crippen LogP contribution is 2.48. The van der Waals surface area contributed by atoms with Gasteiger partial charge in [-0.05, 0) is 25.3 Å². The molecule has 25 heavy (non-hydrogen) atoms. The van der Waals surface area contributed by atoms with E-state index in [0.717, 1.165) is 17.7 Å². The lowest BCUT2D eigenvalue weighted by molar-refractivity contribution is -0.161. The van der Waals surface area contributed by atoms with Crippen LogP contribution in [-0.2, 0) is 29.5 Å².